The molecule has 0 bridgehead atoms. The highest BCUT2D eigenvalue weighted by Crippen LogP contribution is 2.27. The molecule has 90 valence electrons. The Kier molecular flexibility index (Phi) is 2.61. The van der Waals surface area contributed by atoms with E-state index >= 15 is 0 Å². The van der Waals surface area contributed by atoms with E-state index in [1.165, 1.54) is 0 Å². The summed E-state index contributed by atoms with van der Waals surface area (Å²) in [5.41, 5.74) is 10.2. The lowest BCUT2D eigenvalue weighted by Gasteiger charge is -2.23. The van der Waals surface area contributed by atoms with Crippen molar-refractivity contribution in [3.05, 3.63) is 59.7 Å². The maximum atomic E-state index is 11.6. The minimum Gasteiger partial charge on any atom is -0.350 e. The molecule has 1 amide bonds. The number of amides is 1. The zero-order valence-corrected chi connectivity index (χ0v) is 9.89. The summed E-state index contributed by atoms with van der Waals surface area (Å²) in [5.74, 6) is -0.104. The number of carbonyl (C=O) groups excluding carboxylic acids is 1. The minimum atomic E-state index is -0.558. The number of nitrogens with two attached hydrogens (primary N) is 1. The smallest absolute Gasteiger partial charge is 0.241 e. The van der Waals surface area contributed by atoms with Crippen LogP contribution >= 0.6 is 0 Å². The van der Waals surface area contributed by atoms with Gasteiger partial charge >= 0.3 is 0 Å². The summed E-state index contributed by atoms with van der Waals surface area (Å²) in [6, 6.07) is 15.7. The SMILES string of the molecule is NC1C(=O)NCc2ccc(-c3ccccc3)cc21. The van der Waals surface area contributed by atoms with Crippen LogP contribution in [0.2, 0.25) is 0 Å². The van der Waals surface area contributed by atoms with Gasteiger partial charge in [0.05, 0.1) is 0 Å². The van der Waals surface area contributed by atoms with Crippen molar-refractivity contribution in [2.24, 2.45) is 5.73 Å². The summed E-state index contributed by atoms with van der Waals surface area (Å²) in [4.78, 5) is 11.6. The number of hydrogen-bond acceptors (Lipinski definition) is 2. The van der Waals surface area contributed by atoms with Gasteiger partial charge in [-0.15, -0.1) is 0 Å². The lowest BCUT2D eigenvalue weighted by molar-refractivity contribution is -0.123. The highest BCUT2D eigenvalue weighted by molar-refractivity contribution is 5.85. The number of nitrogens with one attached hydrogen (secondary N) is 1. The van der Waals surface area contributed by atoms with Crippen molar-refractivity contribution >= 4 is 5.91 Å². The second-order valence-electron chi connectivity index (χ2n) is 4.48. The Labute approximate surface area is 106 Å². The molecule has 0 aromatic heterocycles. The van der Waals surface area contributed by atoms with E-state index < -0.39 is 6.04 Å². The Morgan fingerprint density at radius 2 is 1.83 bits per heavy atom. The van der Waals surface area contributed by atoms with Crippen LogP contribution in [0.4, 0.5) is 0 Å². The molecule has 18 heavy (non-hydrogen) atoms. The summed E-state index contributed by atoms with van der Waals surface area (Å²) < 4.78 is 0. The summed E-state index contributed by atoms with van der Waals surface area (Å²) in [5, 5.41) is 2.78. The normalized spacial score (nSPS) is 18.1. The van der Waals surface area contributed by atoms with Gasteiger partial charge in [-0.1, -0.05) is 42.5 Å². The maximum absolute atomic E-state index is 11.6. The molecule has 2 aromatic carbocycles. The molecule has 1 aliphatic rings. The Hall–Kier alpha value is -2.13. The Morgan fingerprint density at radius 1 is 1.06 bits per heavy atom. The second-order valence-corrected chi connectivity index (χ2v) is 4.48. The fraction of sp³-hybridized carbons (Fsp3) is 0.133. The van der Waals surface area contributed by atoms with Gasteiger partial charge in [0.15, 0.2) is 0 Å². The van der Waals surface area contributed by atoms with Crippen LogP contribution in [-0.4, -0.2) is 5.91 Å². The van der Waals surface area contributed by atoms with Crippen LogP contribution in [0.15, 0.2) is 48.5 Å². The first-order valence-electron chi connectivity index (χ1n) is 5.97. The number of fused-ring (bicyclic) bond motifs is 1. The predicted molar refractivity (Wildman–Crippen MR) is 70.7 cm³/mol. The highest BCUT2D eigenvalue weighted by Gasteiger charge is 2.23. The maximum Gasteiger partial charge on any atom is 0.241 e. The summed E-state index contributed by atoms with van der Waals surface area (Å²) in [6.45, 7) is 0.566. The molecule has 0 fully saturated rings. The number of benzene rings is 2. The van der Waals surface area contributed by atoms with Gasteiger partial charge in [0, 0.05) is 6.54 Å². The minimum absolute atomic E-state index is 0.104. The molecule has 0 saturated carbocycles. The van der Waals surface area contributed by atoms with Gasteiger partial charge in [-0.05, 0) is 28.3 Å². The molecule has 3 nitrogen and oxygen atoms in total. The van der Waals surface area contributed by atoms with Crippen molar-refractivity contribution in [2.45, 2.75) is 12.6 Å². The standard InChI is InChI=1S/C15H14N2O/c16-14-13-8-11(10-4-2-1-3-5-10)6-7-12(13)9-17-15(14)18/h1-8,14H,9,16H2,(H,17,18). The highest BCUT2D eigenvalue weighted by atomic mass is 16.2. The van der Waals surface area contributed by atoms with Gasteiger partial charge in [0.25, 0.3) is 0 Å². The van der Waals surface area contributed by atoms with E-state index in [1.54, 1.807) is 0 Å². The van der Waals surface area contributed by atoms with Crippen molar-refractivity contribution in [1.82, 2.24) is 5.32 Å². The van der Waals surface area contributed by atoms with Crippen LogP contribution in [0.25, 0.3) is 11.1 Å². The molecule has 3 N–H and O–H groups in total. The molecule has 0 radical (unpaired) electrons. The van der Waals surface area contributed by atoms with Crippen molar-refractivity contribution in [3.63, 3.8) is 0 Å². The first-order valence-corrected chi connectivity index (χ1v) is 5.97. The van der Waals surface area contributed by atoms with Crippen LogP contribution in [0.5, 0.6) is 0 Å². The molecule has 1 heterocycles. The van der Waals surface area contributed by atoms with Crippen molar-refractivity contribution in [3.8, 4) is 11.1 Å². The lowest BCUT2D eigenvalue weighted by Crippen LogP contribution is -2.38. The monoisotopic (exact) mass is 238 g/mol. The predicted octanol–water partition coefficient (Wildman–Crippen LogP) is 1.98. The fourth-order valence-corrected chi connectivity index (χ4v) is 2.29. The molecular weight excluding hydrogens is 224 g/mol. The molecule has 0 spiro atoms. The van der Waals surface area contributed by atoms with Gasteiger partial charge < -0.3 is 11.1 Å². The molecule has 3 heteroatoms. The third-order valence-corrected chi connectivity index (χ3v) is 3.32. The molecule has 3 rings (SSSR count). The number of rotatable bonds is 1. The second kappa shape index (κ2) is 4.27. The van der Waals surface area contributed by atoms with E-state index in [1.807, 2.05) is 30.3 Å². The molecule has 0 saturated heterocycles. The Morgan fingerprint density at radius 3 is 2.61 bits per heavy atom. The first-order chi connectivity index (χ1) is 8.75. The zero-order valence-electron chi connectivity index (χ0n) is 9.89. The molecule has 2 aromatic rings. The van der Waals surface area contributed by atoms with Crippen LogP contribution in [0.1, 0.15) is 17.2 Å². The van der Waals surface area contributed by atoms with E-state index in [0.29, 0.717) is 6.54 Å². The number of hydrogen-bond donors (Lipinski definition) is 2. The Balaban J connectivity index is 2.08. The lowest BCUT2D eigenvalue weighted by atomic mass is 9.92. The van der Waals surface area contributed by atoms with E-state index in [9.17, 15) is 4.79 Å². The molecular formula is C15H14N2O. The quantitative estimate of drug-likeness (QED) is 0.798. The van der Waals surface area contributed by atoms with E-state index in [0.717, 1.165) is 22.3 Å². The van der Waals surface area contributed by atoms with Crippen molar-refractivity contribution < 1.29 is 4.79 Å². The van der Waals surface area contributed by atoms with Gasteiger partial charge in [0.1, 0.15) is 6.04 Å². The van der Waals surface area contributed by atoms with Crippen LogP contribution < -0.4 is 11.1 Å². The summed E-state index contributed by atoms with van der Waals surface area (Å²) in [6.07, 6.45) is 0. The van der Waals surface area contributed by atoms with Gasteiger partial charge in [-0.2, -0.15) is 0 Å². The zero-order chi connectivity index (χ0) is 12.5. The summed E-state index contributed by atoms with van der Waals surface area (Å²) >= 11 is 0. The topological polar surface area (TPSA) is 55.1 Å². The van der Waals surface area contributed by atoms with Crippen LogP contribution in [0.3, 0.4) is 0 Å². The average Bonchev–Trinajstić information content (AvgIpc) is 2.44. The Bertz CT molecular complexity index is 593. The van der Waals surface area contributed by atoms with Crippen molar-refractivity contribution in [2.75, 3.05) is 0 Å². The third-order valence-electron chi connectivity index (χ3n) is 3.32. The van der Waals surface area contributed by atoms with Gasteiger partial charge in [0.2, 0.25) is 5.91 Å². The molecule has 0 aliphatic carbocycles. The largest absolute Gasteiger partial charge is 0.350 e. The van der Waals surface area contributed by atoms with E-state index in [4.69, 9.17) is 5.73 Å². The van der Waals surface area contributed by atoms with Crippen molar-refractivity contribution in [1.29, 1.82) is 0 Å². The van der Waals surface area contributed by atoms with Crippen LogP contribution in [-0.2, 0) is 11.3 Å². The van der Waals surface area contributed by atoms with Gasteiger partial charge in [-0.25, -0.2) is 0 Å². The van der Waals surface area contributed by atoms with Crippen LogP contribution in [0, 0.1) is 0 Å². The third kappa shape index (κ3) is 1.79. The average molecular weight is 238 g/mol. The first kappa shape index (κ1) is 11.0. The summed E-state index contributed by atoms with van der Waals surface area (Å²) in [7, 11) is 0. The molecule has 1 atom stereocenters. The fourth-order valence-electron chi connectivity index (χ4n) is 2.29. The van der Waals surface area contributed by atoms with E-state index in [-0.39, 0.29) is 5.91 Å². The molecule has 1 aliphatic heterocycles. The molecule has 1 unspecified atom stereocenters. The van der Waals surface area contributed by atoms with E-state index in [2.05, 4.69) is 23.5 Å². The number of carbonyl (C=O) groups is 1. The van der Waals surface area contributed by atoms with Gasteiger partial charge in [-0.3, -0.25) is 4.79 Å².